The van der Waals surface area contributed by atoms with Crippen LogP contribution in [0.5, 0.6) is 5.75 Å². The molecule has 0 aromatic carbocycles. The molecular formula is C9H12NO2. The molecule has 0 aliphatic rings. The minimum absolute atomic E-state index is 0.541. The Balaban J connectivity index is 2.46. The summed E-state index contributed by atoms with van der Waals surface area (Å²) in [6.45, 7) is 3.01. The molecule has 0 fully saturated rings. The first-order chi connectivity index (χ1) is 5.84. The molecule has 0 bridgehead atoms. The number of hydrogen-bond donors (Lipinski definition) is 0. The SMILES string of the molecule is COCCOc1[c]ccnc1C. The highest BCUT2D eigenvalue weighted by Crippen LogP contribution is 2.11. The Labute approximate surface area is 72.3 Å². The highest BCUT2D eigenvalue weighted by molar-refractivity contribution is 5.23. The zero-order chi connectivity index (χ0) is 8.81. The van der Waals surface area contributed by atoms with Gasteiger partial charge in [0.15, 0.2) is 0 Å². The molecule has 1 heterocycles. The quantitative estimate of drug-likeness (QED) is 0.630. The van der Waals surface area contributed by atoms with Crippen molar-refractivity contribution in [3.63, 3.8) is 0 Å². The second-order valence-corrected chi connectivity index (χ2v) is 2.34. The van der Waals surface area contributed by atoms with Crippen LogP contribution in [-0.4, -0.2) is 25.3 Å². The number of aryl methyl sites for hydroxylation is 1. The fourth-order valence-electron chi connectivity index (χ4n) is 0.798. The predicted octanol–water partition coefficient (Wildman–Crippen LogP) is 1.22. The van der Waals surface area contributed by atoms with E-state index in [1.54, 1.807) is 19.4 Å². The van der Waals surface area contributed by atoms with Crippen molar-refractivity contribution in [2.24, 2.45) is 0 Å². The van der Waals surface area contributed by atoms with Crippen LogP contribution in [0.3, 0.4) is 0 Å². The monoisotopic (exact) mass is 166 g/mol. The van der Waals surface area contributed by atoms with E-state index in [-0.39, 0.29) is 0 Å². The van der Waals surface area contributed by atoms with E-state index in [0.29, 0.717) is 19.0 Å². The predicted molar refractivity (Wildman–Crippen MR) is 45.2 cm³/mol. The molecule has 3 nitrogen and oxygen atoms in total. The Morgan fingerprint density at radius 1 is 1.50 bits per heavy atom. The van der Waals surface area contributed by atoms with Gasteiger partial charge in [-0.05, 0) is 13.0 Å². The highest BCUT2D eigenvalue weighted by atomic mass is 16.5. The summed E-state index contributed by atoms with van der Waals surface area (Å²) < 4.78 is 10.2. The molecule has 1 radical (unpaired) electrons. The van der Waals surface area contributed by atoms with Crippen molar-refractivity contribution >= 4 is 0 Å². The van der Waals surface area contributed by atoms with Crippen LogP contribution >= 0.6 is 0 Å². The molecule has 65 valence electrons. The van der Waals surface area contributed by atoms with Crippen molar-refractivity contribution in [3.05, 3.63) is 24.0 Å². The fraction of sp³-hybridized carbons (Fsp3) is 0.444. The molecule has 0 spiro atoms. The van der Waals surface area contributed by atoms with Crippen LogP contribution in [0, 0.1) is 13.0 Å². The molecule has 1 aromatic heterocycles. The maximum Gasteiger partial charge on any atom is 0.148 e. The van der Waals surface area contributed by atoms with Gasteiger partial charge in [0.2, 0.25) is 0 Å². The van der Waals surface area contributed by atoms with Crippen LogP contribution in [0.2, 0.25) is 0 Å². The van der Waals surface area contributed by atoms with E-state index in [4.69, 9.17) is 9.47 Å². The first kappa shape index (κ1) is 9.00. The minimum atomic E-state index is 0.541. The lowest BCUT2D eigenvalue weighted by Gasteiger charge is -2.05. The summed E-state index contributed by atoms with van der Waals surface area (Å²) in [5.74, 6) is 0.703. The number of pyridine rings is 1. The number of aromatic nitrogens is 1. The van der Waals surface area contributed by atoms with Crippen LogP contribution in [0.1, 0.15) is 5.69 Å². The van der Waals surface area contributed by atoms with Crippen molar-refractivity contribution in [2.75, 3.05) is 20.3 Å². The summed E-state index contributed by atoms with van der Waals surface area (Å²) in [6, 6.07) is 4.69. The fourth-order valence-corrected chi connectivity index (χ4v) is 0.798. The number of rotatable bonds is 4. The van der Waals surface area contributed by atoms with Gasteiger partial charge in [-0.25, -0.2) is 0 Å². The number of hydrogen-bond acceptors (Lipinski definition) is 3. The van der Waals surface area contributed by atoms with E-state index in [0.717, 1.165) is 5.69 Å². The standard InChI is InChI=1S/C9H12NO2/c1-8-9(4-3-5-10-8)12-7-6-11-2/h3,5H,6-7H2,1-2H3. The van der Waals surface area contributed by atoms with E-state index < -0.39 is 0 Å². The van der Waals surface area contributed by atoms with Gasteiger partial charge >= 0.3 is 0 Å². The minimum Gasteiger partial charge on any atom is -0.489 e. The van der Waals surface area contributed by atoms with Crippen molar-refractivity contribution in [2.45, 2.75) is 6.92 Å². The van der Waals surface area contributed by atoms with Crippen molar-refractivity contribution < 1.29 is 9.47 Å². The van der Waals surface area contributed by atoms with Gasteiger partial charge in [-0.1, -0.05) is 0 Å². The van der Waals surface area contributed by atoms with Gasteiger partial charge in [0.25, 0.3) is 0 Å². The molecule has 0 saturated heterocycles. The summed E-state index contributed by atoms with van der Waals surface area (Å²) in [6.07, 6.45) is 1.69. The van der Waals surface area contributed by atoms with E-state index in [1.165, 1.54) is 0 Å². The largest absolute Gasteiger partial charge is 0.489 e. The lowest BCUT2D eigenvalue weighted by Crippen LogP contribution is -2.05. The number of methoxy groups -OCH3 is 1. The van der Waals surface area contributed by atoms with E-state index in [2.05, 4.69) is 11.1 Å². The van der Waals surface area contributed by atoms with Gasteiger partial charge in [-0.2, -0.15) is 0 Å². The zero-order valence-electron chi connectivity index (χ0n) is 7.33. The molecule has 1 aromatic rings. The Morgan fingerprint density at radius 3 is 3.00 bits per heavy atom. The van der Waals surface area contributed by atoms with Crippen molar-refractivity contribution in [3.8, 4) is 5.75 Å². The van der Waals surface area contributed by atoms with Crippen molar-refractivity contribution in [1.82, 2.24) is 4.98 Å². The summed E-state index contributed by atoms with van der Waals surface area (Å²) in [5.41, 5.74) is 0.855. The first-order valence-corrected chi connectivity index (χ1v) is 3.79. The Kier molecular flexibility index (Phi) is 3.54. The lowest BCUT2D eigenvalue weighted by molar-refractivity contribution is 0.145. The average molecular weight is 166 g/mol. The van der Waals surface area contributed by atoms with Crippen LogP contribution < -0.4 is 4.74 Å². The molecular weight excluding hydrogens is 154 g/mol. The normalized spacial score (nSPS) is 9.83. The lowest BCUT2D eigenvalue weighted by atomic mass is 10.3. The Hall–Kier alpha value is -1.09. The molecule has 0 saturated carbocycles. The maximum absolute atomic E-state index is 5.33. The van der Waals surface area contributed by atoms with Gasteiger partial charge in [0.1, 0.15) is 12.4 Å². The number of ether oxygens (including phenoxy) is 2. The average Bonchev–Trinajstić information content (AvgIpc) is 2.09. The highest BCUT2D eigenvalue weighted by Gasteiger charge is 1.97. The topological polar surface area (TPSA) is 31.4 Å². The third-order valence-electron chi connectivity index (χ3n) is 1.42. The van der Waals surface area contributed by atoms with Gasteiger partial charge in [0.05, 0.1) is 12.3 Å². The molecule has 0 aliphatic heterocycles. The van der Waals surface area contributed by atoms with Crippen LogP contribution in [-0.2, 0) is 4.74 Å². The van der Waals surface area contributed by atoms with Gasteiger partial charge in [-0.15, -0.1) is 0 Å². The van der Waals surface area contributed by atoms with Crippen LogP contribution in [0.4, 0.5) is 0 Å². The maximum atomic E-state index is 5.33. The smallest absolute Gasteiger partial charge is 0.148 e. The second-order valence-electron chi connectivity index (χ2n) is 2.34. The third-order valence-corrected chi connectivity index (χ3v) is 1.42. The summed E-state index contributed by atoms with van der Waals surface area (Å²) in [4.78, 5) is 4.06. The third kappa shape index (κ3) is 2.51. The molecule has 0 atom stereocenters. The molecule has 12 heavy (non-hydrogen) atoms. The van der Waals surface area contributed by atoms with Gasteiger partial charge < -0.3 is 9.47 Å². The van der Waals surface area contributed by atoms with Gasteiger partial charge in [-0.3, -0.25) is 4.98 Å². The molecule has 0 amide bonds. The zero-order valence-corrected chi connectivity index (χ0v) is 7.33. The summed E-state index contributed by atoms with van der Waals surface area (Å²) in [5, 5.41) is 0. The summed E-state index contributed by atoms with van der Waals surface area (Å²) in [7, 11) is 1.64. The van der Waals surface area contributed by atoms with Gasteiger partial charge in [0, 0.05) is 19.4 Å². The molecule has 1 rings (SSSR count). The Morgan fingerprint density at radius 2 is 2.33 bits per heavy atom. The molecule has 0 unspecified atom stereocenters. The van der Waals surface area contributed by atoms with E-state index >= 15 is 0 Å². The van der Waals surface area contributed by atoms with Crippen LogP contribution in [0.25, 0.3) is 0 Å². The summed E-state index contributed by atoms with van der Waals surface area (Å²) >= 11 is 0. The second kappa shape index (κ2) is 4.72. The first-order valence-electron chi connectivity index (χ1n) is 3.79. The Bertz CT molecular complexity index is 238. The van der Waals surface area contributed by atoms with E-state index in [9.17, 15) is 0 Å². The molecule has 0 aliphatic carbocycles. The molecule has 0 N–H and O–H groups in total. The van der Waals surface area contributed by atoms with E-state index in [1.807, 2.05) is 6.92 Å². The number of nitrogens with zero attached hydrogens (tertiary/aromatic N) is 1. The van der Waals surface area contributed by atoms with Crippen molar-refractivity contribution in [1.29, 1.82) is 0 Å². The molecule has 3 heteroatoms. The van der Waals surface area contributed by atoms with Crippen LogP contribution in [0.15, 0.2) is 12.3 Å².